The molecule has 4 N–H and O–H groups in total. The Morgan fingerprint density at radius 2 is 1.86 bits per heavy atom. The van der Waals surface area contributed by atoms with Crippen LogP contribution < -0.4 is 16.6 Å². The van der Waals surface area contributed by atoms with E-state index in [2.05, 4.69) is 36.6 Å². The second-order valence-corrected chi connectivity index (χ2v) is 6.43. The standard InChI is InChI=1S/C14H17BrFN5/c1-14(2,3)13-19-10(7-11(20-13)21-17)18-12-8(15)5-4-6-9(12)16/h4-7H,17H2,1-3H3,(H2,18,19,20,21). The van der Waals surface area contributed by atoms with Gasteiger partial charge in [-0.2, -0.15) is 0 Å². The molecule has 0 aliphatic carbocycles. The van der Waals surface area contributed by atoms with Gasteiger partial charge in [-0.25, -0.2) is 20.2 Å². The zero-order valence-corrected chi connectivity index (χ0v) is 13.6. The number of halogens is 2. The summed E-state index contributed by atoms with van der Waals surface area (Å²) in [4.78, 5) is 8.74. The van der Waals surface area contributed by atoms with Crippen LogP contribution in [0.25, 0.3) is 0 Å². The minimum absolute atomic E-state index is 0.254. The molecule has 0 amide bonds. The number of rotatable bonds is 3. The molecular formula is C14H17BrFN5. The second kappa shape index (κ2) is 5.95. The van der Waals surface area contributed by atoms with Gasteiger partial charge in [-0.1, -0.05) is 26.8 Å². The third-order valence-electron chi connectivity index (χ3n) is 2.76. The van der Waals surface area contributed by atoms with Crippen molar-refractivity contribution in [3.8, 4) is 0 Å². The van der Waals surface area contributed by atoms with E-state index in [0.29, 0.717) is 27.6 Å². The molecule has 112 valence electrons. The molecule has 0 atom stereocenters. The van der Waals surface area contributed by atoms with Gasteiger partial charge in [0, 0.05) is 16.0 Å². The van der Waals surface area contributed by atoms with Crippen molar-refractivity contribution in [2.24, 2.45) is 5.84 Å². The van der Waals surface area contributed by atoms with E-state index < -0.39 is 0 Å². The van der Waals surface area contributed by atoms with E-state index >= 15 is 0 Å². The zero-order chi connectivity index (χ0) is 15.6. The molecule has 1 aromatic carbocycles. The van der Waals surface area contributed by atoms with Crippen LogP contribution >= 0.6 is 15.9 Å². The molecular weight excluding hydrogens is 337 g/mol. The Bertz CT molecular complexity index is 634. The van der Waals surface area contributed by atoms with E-state index in [1.165, 1.54) is 6.07 Å². The molecule has 0 fully saturated rings. The molecule has 5 nitrogen and oxygen atoms in total. The minimum Gasteiger partial charge on any atom is -0.337 e. The van der Waals surface area contributed by atoms with Crippen molar-refractivity contribution in [1.82, 2.24) is 9.97 Å². The van der Waals surface area contributed by atoms with Crippen LogP contribution in [-0.4, -0.2) is 9.97 Å². The van der Waals surface area contributed by atoms with E-state index in [4.69, 9.17) is 5.84 Å². The highest BCUT2D eigenvalue weighted by atomic mass is 79.9. The first-order valence-corrected chi connectivity index (χ1v) is 7.18. The van der Waals surface area contributed by atoms with Crippen molar-refractivity contribution in [1.29, 1.82) is 0 Å². The van der Waals surface area contributed by atoms with E-state index in [-0.39, 0.29) is 11.2 Å². The maximum absolute atomic E-state index is 13.9. The molecule has 0 aliphatic rings. The van der Waals surface area contributed by atoms with Crippen LogP contribution in [0.4, 0.5) is 21.7 Å². The van der Waals surface area contributed by atoms with Crippen LogP contribution in [0.2, 0.25) is 0 Å². The van der Waals surface area contributed by atoms with Crippen LogP contribution in [0, 0.1) is 5.82 Å². The van der Waals surface area contributed by atoms with Crippen LogP contribution in [0.3, 0.4) is 0 Å². The van der Waals surface area contributed by atoms with Crippen molar-refractivity contribution in [3.05, 3.63) is 40.4 Å². The fourth-order valence-electron chi connectivity index (χ4n) is 1.67. The van der Waals surface area contributed by atoms with E-state index in [0.717, 1.165) is 0 Å². The van der Waals surface area contributed by atoms with Crippen LogP contribution in [0.15, 0.2) is 28.7 Å². The van der Waals surface area contributed by atoms with Gasteiger partial charge < -0.3 is 10.7 Å². The number of nitrogen functional groups attached to an aromatic ring is 1. The molecule has 7 heteroatoms. The highest BCUT2D eigenvalue weighted by Crippen LogP contribution is 2.29. The molecule has 2 aromatic rings. The van der Waals surface area contributed by atoms with Crippen LogP contribution in [-0.2, 0) is 5.41 Å². The number of hydrazine groups is 1. The van der Waals surface area contributed by atoms with Crippen molar-refractivity contribution < 1.29 is 4.39 Å². The monoisotopic (exact) mass is 353 g/mol. The summed E-state index contributed by atoms with van der Waals surface area (Å²) in [7, 11) is 0. The van der Waals surface area contributed by atoms with Crippen molar-refractivity contribution in [3.63, 3.8) is 0 Å². The summed E-state index contributed by atoms with van der Waals surface area (Å²) in [5.41, 5.74) is 2.56. The number of hydrogen-bond donors (Lipinski definition) is 3. The van der Waals surface area contributed by atoms with E-state index in [1.54, 1.807) is 18.2 Å². The molecule has 0 unspecified atom stereocenters. The second-order valence-electron chi connectivity index (χ2n) is 5.58. The Balaban J connectivity index is 2.45. The summed E-state index contributed by atoms with van der Waals surface area (Å²) >= 11 is 3.31. The molecule has 1 aromatic heterocycles. The van der Waals surface area contributed by atoms with Gasteiger partial charge in [0.1, 0.15) is 23.3 Å². The number of anilines is 3. The normalized spacial score (nSPS) is 11.3. The first kappa shape index (κ1) is 15.7. The number of nitrogens with one attached hydrogen (secondary N) is 2. The molecule has 0 spiro atoms. The Morgan fingerprint density at radius 3 is 2.43 bits per heavy atom. The van der Waals surface area contributed by atoms with Crippen molar-refractivity contribution in [2.75, 3.05) is 10.7 Å². The SMILES string of the molecule is CC(C)(C)c1nc(NN)cc(Nc2c(F)cccc2Br)n1. The van der Waals surface area contributed by atoms with Crippen LogP contribution in [0.1, 0.15) is 26.6 Å². The molecule has 0 aliphatic heterocycles. The predicted molar refractivity (Wildman–Crippen MR) is 85.9 cm³/mol. The highest BCUT2D eigenvalue weighted by molar-refractivity contribution is 9.10. The number of nitrogens with two attached hydrogens (primary N) is 1. The fraction of sp³-hybridized carbons (Fsp3) is 0.286. The van der Waals surface area contributed by atoms with Crippen molar-refractivity contribution >= 4 is 33.3 Å². The van der Waals surface area contributed by atoms with Gasteiger partial charge in [-0.15, -0.1) is 0 Å². The average Bonchev–Trinajstić information content (AvgIpc) is 2.42. The lowest BCUT2D eigenvalue weighted by atomic mass is 9.96. The van der Waals surface area contributed by atoms with Gasteiger partial charge in [0.2, 0.25) is 0 Å². The summed E-state index contributed by atoms with van der Waals surface area (Å²) in [6.07, 6.45) is 0. The smallest absolute Gasteiger partial charge is 0.147 e. The lowest BCUT2D eigenvalue weighted by Crippen LogP contribution is -2.19. The largest absolute Gasteiger partial charge is 0.337 e. The molecule has 0 bridgehead atoms. The molecule has 0 saturated heterocycles. The van der Waals surface area contributed by atoms with E-state index in [9.17, 15) is 4.39 Å². The summed E-state index contributed by atoms with van der Waals surface area (Å²) in [5, 5.41) is 2.96. The van der Waals surface area contributed by atoms with Gasteiger partial charge in [0.15, 0.2) is 0 Å². The van der Waals surface area contributed by atoms with Crippen molar-refractivity contribution in [2.45, 2.75) is 26.2 Å². The molecule has 1 heterocycles. The Kier molecular flexibility index (Phi) is 4.43. The Labute approximate surface area is 131 Å². The van der Waals surface area contributed by atoms with Crippen LogP contribution in [0.5, 0.6) is 0 Å². The number of benzene rings is 1. The number of hydrogen-bond acceptors (Lipinski definition) is 5. The minimum atomic E-state index is -0.373. The summed E-state index contributed by atoms with van der Waals surface area (Å²) < 4.78 is 14.5. The van der Waals surface area contributed by atoms with Gasteiger partial charge in [-0.05, 0) is 28.1 Å². The molecule has 21 heavy (non-hydrogen) atoms. The topological polar surface area (TPSA) is 75.9 Å². The Morgan fingerprint density at radius 1 is 1.19 bits per heavy atom. The van der Waals surface area contributed by atoms with Gasteiger partial charge in [0.25, 0.3) is 0 Å². The first-order valence-electron chi connectivity index (χ1n) is 6.38. The lowest BCUT2D eigenvalue weighted by molar-refractivity contribution is 0.547. The Hall–Kier alpha value is -1.73. The quantitative estimate of drug-likeness (QED) is 0.579. The molecule has 2 rings (SSSR count). The summed E-state index contributed by atoms with van der Waals surface area (Å²) in [6, 6.07) is 6.37. The third kappa shape index (κ3) is 3.68. The first-order chi connectivity index (χ1) is 9.81. The van der Waals surface area contributed by atoms with Gasteiger partial charge in [0.05, 0.1) is 5.69 Å². The number of para-hydroxylation sites is 1. The fourth-order valence-corrected chi connectivity index (χ4v) is 2.11. The summed E-state index contributed by atoms with van der Waals surface area (Å²) in [6.45, 7) is 5.97. The highest BCUT2D eigenvalue weighted by Gasteiger charge is 2.19. The average molecular weight is 354 g/mol. The number of aromatic nitrogens is 2. The van der Waals surface area contributed by atoms with E-state index in [1.807, 2.05) is 20.8 Å². The summed E-state index contributed by atoms with van der Waals surface area (Å²) in [5.74, 6) is 6.59. The third-order valence-corrected chi connectivity index (χ3v) is 3.42. The maximum atomic E-state index is 13.9. The molecule has 0 saturated carbocycles. The van der Waals surface area contributed by atoms with Gasteiger partial charge in [-0.3, -0.25) is 0 Å². The number of nitrogens with zero attached hydrogens (tertiary/aromatic N) is 2. The maximum Gasteiger partial charge on any atom is 0.147 e. The lowest BCUT2D eigenvalue weighted by Gasteiger charge is -2.19. The predicted octanol–water partition coefficient (Wildman–Crippen LogP) is 3.70. The molecule has 0 radical (unpaired) electrons. The zero-order valence-electron chi connectivity index (χ0n) is 12.0. The van der Waals surface area contributed by atoms with Gasteiger partial charge >= 0.3 is 0 Å².